The van der Waals surface area contributed by atoms with Gasteiger partial charge in [-0.1, -0.05) is 6.07 Å². The molecule has 0 spiro atoms. The number of carbonyl (C=O) groups is 1. The topological polar surface area (TPSA) is 130 Å². The lowest BCUT2D eigenvalue weighted by Gasteiger charge is -2.11. The van der Waals surface area contributed by atoms with E-state index < -0.39 is 32.4 Å². The number of nitrogens with one attached hydrogen (secondary N) is 3. The molecule has 9 nitrogen and oxygen atoms in total. The third-order valence-corrected chi connectivity index (χ3v) is 5.07. The van der Waals surface area contributed by atoms with Gasteiger partial charge in [0.1, 0.15) is 11.5 Å². The van der Waals surface area contributed by atoms with E-state index in [1.165, 1.54) is 31.3 Å². The average Bonchev–Trinajstić information content (AvgIpc) is 2.62. The van der Waals surface area contributed by atoms with Gasteiger partial charge in [-0.25, -0.2) is 17.5 Å². The molecular formula is C16H17FN4O5S. The highest BCUT2D eigenvalue weighted by Crippen LogP contribution is 2.27. The highest BCUT2D eigenvalue weighted by Gasteiger charge is 2.20. The standard InChI is InChI=1S/C16H17FN4O5S/c1-10-3-4-11(17)7-14(10)20-16(22)9-19-13-6-5-12(27(25,26)18-2)8-15(13)21(23)24/h3-8,18-19H,9H2,1-2H3,(H,20,22). The number of nitrogens with zero attached hydrogens (tertiary/aromatic N) is 1. The molecule has 0 atom stereocenters. The van der Waals surface area contributed by atoms with E-state index in [0.717, 1.165) is 12.1 Å². The zero-order valence-electron chi connectivity index (χ0n) is 14.4. The van der Waals surface area contributed by atoms with Gasteiger partial charge < -0.3 is 10.6 Å². The van der Waals surface area contributed by atoms with Crippen molar-refractivity contribution in [2.75, 3.05) is 24.2 Å². The predicted octanol–water partition coefficient (Wildman–Crippen LogP) is 2.00. The van der Waals surface area contributed by atoms with Gasteiger partial charge in [-0.2, -0.15) is 0 Å². The molecule has 0 radical (unpaired) electrons. The fourth-order valence-corrected chi connectivity index (χ4v) is 2.95. The molecular weight excluding hydrogens is 379 g/mol. The minimum atomic E-state index is -3.85. The SMILES string of the molecule is CNS(=O)(=O)c1ccc(NCC(=O)Nc2cc(F)ccc2C)c([N+](=O)[O-])c1. The number of aryl methyl sites for hydroxylation is 1. The second-order valence-electron chi connectivity index (χ2n) is 5.50. The van der Waals surface area contributed by atoms with Crippen LogP contribution in [0.4, 0.5) is 21.5 Å². The quantitative estimate of drug-likeness (QED) is 0.485. The Kier molecular flexibility index (Phi) is 6.08. The average molecular weight is 396 g/mol. The Balaban J connectivity index is 2.16. The van der Waals surface area contributed by atoms with Crippen molar-refractivity contribution in [1.29, 1.82) is 0 Å². The number of nitro benzene ring substituents is 1. The van der Waals surface area contributed by atoms with Gasteiger partial charge >= 0.3 is 0 Å². The summed E-state index contributed by atoms with van der Waals surface area (Å²) in [6, 6.07) is 7.19. The molecule has 2 aromatic rings. The first kappa shape index (κ1) is 20.3. The van der Waals surface area contributed by atoms with E-state index in [2.05, 4.69) is 15.4 Å². The Hall–Kier alpha value is -3.05. The second-order valence-corrected chi connectivity index (χ2v) is 7.39. The highest BCUT2D eigenvalue weighted by molar-refractivity contribution is 7.89. The summed E-state index contributed by atoms with van der Waals surface area (Å²) >= 11 is 0. The Morgan fingerprint density at radius 3 is 2.52 bits per heavy atom. The summed E-state index contributed by atoms with van der Waals surface area (Å²) in [5.74, 6) is -1.06. The van der Waals surface area contributed by atoms with Gasteiger partial charge in [0.15, 0.2) is 0 Å². The number of anilines is 2. The summed E-state index contributed by atoms with van der Waals surface area (Å²) in [5.41, 5.74) is 0.409. The summed E-state index contributed by atoms with van der Waals surface area (Å²) < 4.78 is 38.9. The van der Waals surface area contributed by atoms with Crippen LogP contribution in [0.5, 0.6) is 0 Å². The monoisotopic (exact) mass is 396 g/mol. The summed E-state index contributed by atoms with van der Waals surface area (Å²) in [7, 11) is -2.66. The third-order valence-electron chi connectivity index (χ3n) is 3.66. The van der Waals surface area contributed by atoms with Crippen LogP contribution in [0.2, 0.25) is 0 Å². The number of nitro groups is 1. The lowest BCUT2D eigenvalue weighted by atomic mass is 10.2. The molecule has 0 saturated carbocycles. The van der Waals surface area contributed by atoms with Crippen LogP contribution < -0.4 is 15.4 Å². The summed E-state index contributed by atoms with van der Waals surface area (Å²) in [6.07, 6.45) is 0. The Bertz CT molecular complexity index is 994. The molecule has 0 fully saturated rings. The number of amides is 1. The summed E-state index contributed by atoms with van der Waals surface area (Å²) in [5, 5.41) is 16.3. The van der Waals surface area contributed by atoms with Gasteiger partial charge in [-0.15, -0.1) is 0 Å². The van der Waals surface area contributed by atoms with Crippen molar-refractivity contribution in [2.24, 2.45) is 0 Å². The molecule has 11 heteroatoms. The maximum atomic E-state index is 13.3. The Morgan fingerprint density at radius 1 is 1.19 bits per heavy atom. The van der Waals surface area contributed by atoms with Gasteiger partial charge in [0.05, 0.1) is 16.4 Å². The van der Waals surface area contributed by atoms with E-state index in [9.17, 15) is 27.7 Å². The van der Waals surface area contributed by atoms with Gasteiger partial charge in [0.25, 0.3) is 5.69 Å². The molecule has 0 aromatic heterocycles. The number of hydrogen-bond acceptors (Lipinski definition) is 6. The molecule has 1 amide bonds. The normalized spacial score (nSPS) is 11.1. The molecule has 0 heterocycles. The van der Waals surface area contributed by atoms with Crippen molar-refractivity contribution in [3.63, 3.8) is 0 Å². The van der Waals surface area contributed by atoms with Crippen molar-refractivity contribution < 1.29 is 22.5 Å². The molecule has 0 unspecified atom stereocenters. The predicted molar refractivity (Wildman–Crippen MR) is 97.6 cm³/mol. The van der Waals surface area contributed by atoms with Crippen molar-refractivity contribution in [3.05, 3.63) is 57.9 Å². The first-order chi connectivity index (χ1) is 12.6. The molecule has 0 saturated heterocycles. The van der Waals surface area contributed by atoms with Crippen LogP contribution in [0.1, 0.15) is 5.56 Å². The van der Waals surface area contributed by atoms with E-state index in [0.29, 0.717) is 5.56 Å². The first-order valence-corrected chi connectivity index (χ1v) is 9.14. The van der Waals surface area contributed by atoms with E-state index in [1.54, 1.807) is 6.92 Å². The van der Waals surface area contributed by atoms with Crippen molar-refractivity contribution >= 4 is 33.0 Å². The Labute approximate surface area is 154 Å². The van der Waals surface area contributed by atoms with E-state index in [-0.39, 0.29) is 22.8 Å². The molecule has 0 aliphatic rings. The van der Waals surface area contributed by atoms with Crippen LogP contribution in [0.25, 0.3) is 0 Å². The maximum absolute atomic E-state index is 13.3. The number of hydrogen-bond donors (Lipinski definition) is 3. The fourth-order valence-electron chi connectivity index (χ4n) is 2.20. The summed E-state index contributed by atoms with van der Waals surface area (Å²) in [6.45, 7) is 1.35. The number of halogens is 1. The summed E-state index contributed by atoms with van der Waals surface area (Å²) in [4.78, 5) is 22.2. The number of benzene rings is 2. The van der Waals surface area contributed by atoms with Crippen molar-refractivity contribution in [3.8, 4) is 0 Å². The van der Waals surface area contributed by atoms with Crippen LogP contribution in [-0.4, -0.2) is 32.8 Å². The minimum Gasteiger partial charge on any atom is -0.371 e. The van der Waals surface area contributed by atoms with Crippen LogP contribution in [0.15, 0.2) is 41.3 Å². The lowest BCUT2D eigenvalue weighted by molar-refractivity contribution is -0.384. The zero-order chi connectivity index (χ0) is 20.2. The van der Waals surface area contributed by atoms with Crippen LogP contribution in [0.3, 0.4) is 0 Å². The lowest BCUT2D eigenvalue weighted by Crippen LogP contribution is -2.23. The van der Waals surface area contributed by atoms with Crippen LogP contribution in [-0.2, 0) is 14.8 Å². The van der Waals surface area contributed by atoms with Gasteiger partial charge in [-0.3, -0.25) is 14.9 Å². The number of carbonyl (C=O) groups excluding carboxylic acids is 1. The number of sulfonamides is 1. The van der Waals surface area contributed by atoms with Crippen molar-refractivity contribution in [2.45, 2.75) is 11.8 Å². The van der Waals surface area contributed by atoms with E-state index in [4.69, 9.17) is 0 Å². The third kappa shape index (κ3) is 4.99. The smallest absolute Gasteiger partial charge is 0.293 e. The molecule has 2 rings (SSSR count). The molecule has 2 aromatic carbocycles. The van der Waals surface area contributed by atoms with Gasteiger partial charge in [0.2, 0.25) is 15.9 Å². The largest absolute Gasteiger partial charge is 0.371 e. The fraction of sp³-hybridized carbons (Fsp3) is 0.188. The van der Waals surface area contributed by atoms with Crippen molar-refractivity contribution in [1.82, 2.24) is 4.72 Å². The molecule has 144 valence electrons. The Morgan fingerprint density at radius 2 is 1.89 bits per heavy atom. The van der Waals surface area contributed by atoms with Gasteiger partial charge in [-0.05, 0) is 43.8 Å². The van der Waals surface area contributed by atoms with E-state index in [1.807, 2.05) is 0 Å². The van der Waals surface area contributed by atoms with Crippen LogP contribution >= 0.6 is 0 Å². The second kappa shape index (κ2) is 8.10. The van der Waals surface area contributed by atoms with E-state index >= 15 is 0 Å². The zero-order valence-corrected chi connectivity index (χ0v) is 15.3. The molecule has 27 heavy (non-hydrogen) atoms. The highest BCUT2D eigenvalue weighted by atomic mass is 32.2. The molecule has 0 bridgehead atoms. The molecule has 0 aliphatic heterocycles. The maximum Gasteiger partial charge on any atom is 0.293 e. The minimum absolute atomic E-state index is 0.0267. The molecule has 3 N–H and O–H groups in total. The molecule has 0 aliphatic carbocycles. The van der Waals surface area contributed by atoms with Crippen LogP contribution in [0, 0.1) is 22.9 Å². The number of rotatable bonds is 7. The first-order valence-electron chi connectivity index (χ1n) is 7.66. The van der Waals surface area contributed by atoms with Gasteiger partial charge in [0, 0.05) is 11.8 Å².